The molecule has 0 amide bonds. The minimum Gasteiger partial charge on any atom is -0.468 e. The molecule has 1 N–H and O–H groups in total. The van der Waals surface area contributed by atoms with Crippen LogP contribution in [0.4, 0.5) is 8.78 Å². The molecule has 102 valence electrons. The fourth-order valence-electron chi connectivity index (χ4n) is 2.45. The summed E-state index contributed by atoms with van der Waals surface area (Å²) in [4.78, 5) is 1.83. The van der Waals surface area contributed by atoms with Crippen molar-refractivity contribution in [1.29, 1.82) is 0 Å². The van der Waals surface area contributed by atoms with E-state index < -0.39 is 6.43 Å². The summed E-state index contributed by atoms with van der Waals surface area (Å²) in [7, 11) is 0. The van der Waals surface area contributed by atoms with Crippen LogP contribution in [-0.2, 0) is 0 Å². The number of furan rings is 1. The molecular weight excluding hydrogens is 238 g/mol. The van der Waals surface area contributed by atoms with Gasteiger partial charge in [-0.2, -0.15) is 0 Å². The monoisotopic (exact) mass is 258 g/mol. The van der Waals surface area contributed by atoms with Gasteiger partial charge in [0.2, 0.25) is 0 Å². The van der Waals surface area contributed by atoms with Crippen molar-refractivity contribution in [2.75, 3.05) is 19.6 Å². The summed E-state index contributed by atoms with van der Waals surface area (Å²) in [5.41, 5.74) is 0. The lowest BCUT2D eigenvalue weighted by Crippen LogP contribution is -2.44. The lowest BCUT2D eigenvalue weighted by Gasteiger charge is -2.33. The van der Waals surface area contributed by atoms with Crippen molar-refractivity contribution in [3.05, 3.63) is 24.2 Å². The number of alkyl halides is 2. The summed E-state index contributed by atoms with van der Waals surface area (Å²) < 4.78 is 29.8. The summed E-state index contributed by atoms with van der Waals surface area (Å²) >= 11 is 0. The fraction of sp³-hybridized carbons (Fsp3) is 0.692. The summed E-state index contributed by atoms with van der Waals surface area (Å²) in [6, 6.07) is 4.38. The van der Waals surface area contributed by atoms with E-state index in [9.17, 15) is 8.78 Å². The molecule has 18 heavy (non-hydrogen) atoms. The maximum Gasteiger partial charge on any atom is 0.251 e. The number of hydrogen-bond donors (Lipinski definition) is 1. The molecule has 0 radical (unpaired) electrons. The Labute approximate surface area is 106 Å². The lowest BCUT2D eigenvalue weighted by atomic mass is 10.0. The number of likely N-dealkylation sites (tertiary alicyclic amines) is 1. The molecule has 1 atom stereocenters. The number of hydrogen-bond acceptors (Lipinski definition) is 3. The first-order valence-electron chi connectivity index (χ1n) is 6.45. The first-order valence-corrected chi connectivity index (χ1v) is 6.45. The van der Waals surface area contributed by atoms with Crippen LogP contribution < -0.4 is 5.32 Å². The standard InChI is InChI=1S/C13H20F2N2O/c1-10(12-3-2-8-18-12)16-11-4-6-17(7-5-11)9-13(14)15/h2-3,8,10-11,13,16H,4-7,9H2,1H3/t10-/m1/s1. The Morgan fingerprint density at radius 3 is 2.72 bits per heavy atom. The summed E-state index contributed by atoms with van der Waals surface area (Å²) in [5, 5.41) is 3.49. The summed E-state index contributed by atoms with van der Waals surface area (Å²) in [6.07, 6.45) is 1.27. The molecule has 5 heteroatoms. The molecule has 1 saturated heterocycles. The second-order valence-electron chi connectivity index (χ2n) is 4.87. The van der Waals surface area contributed by atoms with E-state index in [0.29, 0.717) is 6.04 Å². The Morgan fingerprint density at radius 1 is 1.44 bits per heavy atom. The minimum absolute atomic E-state index is 0.0968. The van der Waals surface area contributed by atoms with E-state index in [0.717, 1.165) is 31.7 Å². The van der Waals surface area contributed by atoms with E-state index in [1.807, 2.05) is 17.0 Å². The maximum atomic E-state index is 12.2. The average molecular weight is 258 g/mol. The molecule has 1 fully saturated rings. The quantitative estimate of drug-likeness (QED) is 0.880. The number of nitrogens with one attached hydrogen (secondary N) is 1. The molecule has 1 aromatic heterocycles. The van der Waals surface area contributed by atoms with Gasteiger partial charge < -0.3 is 9.73 Å². The van der Waals surface area contributed by atoms with E-state index in [4.69, 9.17) is 4.42 Å². The van der Waals surface area contributed by atoms with Crippen molar-refractivity contribution < 1.29 is 13.2 Å². The number of halogens is 2. The van der Waals surface area contributed by atoms with Gasteiger partial charge in [-0.3, -0.25) is 4.90 Å². The largest absolute Gasteiger partial charge is 0.468 e. The van der Waals surface area contributed by atoms with Gasteiger partial charge in [0.05, 0.1) is 18.8 Å². The maximum absolute atomic E-state index is 12.2. The molecule has 1 aliphatic heterocycles. The third-order valence-electron chi connectivity index (χ3n) is 3.44. The predicted molar refractivity (Wildman–Crippen MR) is 65.7 cm³/mol. The third kappa shape index (κ3) is 3.78. The molecule has 3 nitrogen and oxygen atoms in total. The van der Waals surface area contributed by atoms with Crippen LogP contribution in [0.3, 0.4) is 0 Å². The smallest absolute Gasteiger partial charge is 0.251 e. The first-order chi connectivity index (χ1) is 8.65. The number of piperidine rings is 1. The summed E-state index contributed by atoms with van der Waals surface area (Å²) in [6.45, 7) is 3.45. The molecule has 0 saturated carbocycles. The molecule has 0 unspecified atom stereocenters. The van der Waals surface area contributed by atoms with Gasteiger partial charge in [-0.05, 0) is 45.0 Å². The Morgan fingerprint density at radius 2 is 2.17 bits per heavy atom. The van der Waals surface area contributed by atoms with Crippen molar-refractivity contribution in [1.82, 2.24) is 10.2 Å². The Balaban J connectivity index is 1.73. The van der Waals surface area contributed by atoms with Crippen LogP contribution in [0.5, 0.6) is 0 Å². The topological polar surface area (TPSA) is 28.4 Å². The van der Waals surface area contributed by atoms with E-state index in [1.54, 1.807) is 6.26 Å². The van der Waals surface area contributed by atoms with Crippen LogP contribution in [0, 0.1) is 0 Å². The van der Waals surface area contributed by atoms with Crippen molar-refractivity contribution in [2.45, 2.75) is 38.3 Å². The highest BCUT2D eigenvalue weighted by molar-refractivity contribution is 5.03. The zero-order valence-electron chi connectivity index (χ0n) is 10.6. The summed E-state index contributed by atoms with van der Waals surface area (Å²) in [5.74, 6) is 0.921. The van der Waals surface area contributed by atoms with E-state index in [2.05, 4.69) is 12.2 Å². The van der Waals surface area contributed by atoms with Gasteiger partial charge >= 0.3 is 0 Å². The molecule has 0 aromatic carbocycles. The highest BCUT2D eigenvalue weighted by atomic mass is 19.3. The van der Waals surface area contributed by atoms with E-state index in [1.165, 1.54) is 0 Å². The second-order valence-corrected chi connectivity index (χ2v) is 4.87. The highest BCUT2D eigenvalue weighted by Gasteiger charge is 2.23. The van der Waals surface area contributed by atoms with Gasteiger partial charge in [0.15, 0.2) is 0 Å². The third-order valence-corrected chi connectivity index (χ3v) is 3.44. The van der Waals surface area contributed by atoms with Crippen LogP contribution >= 0.6 is 0 Å². The van der Waals surface area contributed by atoms with Gasteiger partial charge in [-0.1, -0.05) is 0 Å². The zero-order valence-corrected chi connectivity index (χ0v) is 10.6. The average Bonchev–Trinajstić information content (AvgIpc) is 2.84. The van der Waals surface area contributed by atoms with E-state index >= 15 is 0 Å². The Hall–Kier alpha value is -0.940. The Bertz CT molecular complexity index is 335. The molecule has 2 rings (SSSR count). The van der Waals surface area contributed by atoms with Gasteiger partial charge in [0, 0.05) is 6.04 Å². The molecule has 1 aliphatic rings. The number of rotatable bonds is 5. The molecule has 0 aliphatic carbocycles. The molecule has 1 aromatic rings. The van der Waals surface area contributed by atoms with Gasteiger partial charge in [-0.15, -0.1) is 0 Å². The SMILES string of the molecule is C[C@@H](NC1CCN(CC(F)F)CC1)c1ccco1. The normalized spacial score (nSPS) is 20.4. The predicted octanol–water partition coefficient (Wildman–Crippen LogP) is 2.66. The van der Waals surface area contributed by atoms with Crippen LogP contribution in [0.2, 0.25) is 0 Å². The van der Waals surface area contributed by atoms with E-state index in [-0.39, 0.29) is 12.6 Å². The Kier molecular flexibility index (Phi) is 4.72. The molecule has 0 spiro atoms. The van der Waals surface area contributed by atoms with Gasteiger partial charge in [0.25, 0.3) is 6.43 Å². The van der Waals surface area contributed by atoms with Crippen molar-refractivity contribution in [3.8, 4) is 0 Å². The first kappa shape index (κ1) is 13.5. The molecule has 2 heterocycles. The van der Waals surface area contributed by atoms with Crippen LogP contribution in [0.15, 0.2) is 22.8 Å². The molecule has 0 bridgehead atoms. The van der Waals surface area contributed by atoms with Crippen LogP contribution in [0.25, 0.3) is 0 Å². The second kappa shape index (κ2) is 6.29. The zero-order chi connectivity index (χ0) is 13.0. The fourth-order valence-corrected chi connectivity index (χ4v) is 2.45. The van der Waals surface area contributed by atoms with Gasteiger partial charge in [-0.25, -0.2) is 8.78 Å². The van der Waals surface area contributed by atoms with Crippen molar-refractivity contribution >= 4 is 0 Å². The number of nitrogens with zero attached hydrogens (tertiary/aromatic N) is 1. The van der Waals surface area contributed by atoms with Crippen LogP contribution in [0.1, 0.15) is 31.6 Å². The highest BCUT2D eigenvalue weighted by Crippen LogP contribution is 2.18. The minimum atomic E-state index is -2.23. The van der Waals surface area contributed by atoms with Crippen LogP contribution in [-0.4, -0.2) is 37.0 Å². The molecular formula is C13H20F2N2O. The lowest BCUT2D eigenvalue weighted by molar-refractivity contribution is 0.0720. The van der Waals surface area contributed by atoms with Crippen molar-refractivity contribution in [2.24, 2.45) is 0 Å². The van der Waals surface area contributed by atoms with Crippen molar-refractivity contribution in [3.63, 3.8) is 0 Å². The van der Waals surface area contributed by atoms with Gasteiger partial charge in [0.1, 0.15) is 5.76 Å².